The van der Waals surface area contributed by atoms with Crippen molar-refractivity contribution < 1.29 is 19.1 Å². The first-order chi connectivity index (χ1) is 15.4. The second-order valence-corrected chi connectivity index (χ2v) is 7.98. The standard InChI is InChI=1S/C28H30O4/c1-5-19(3)31-27(29)25-15-11-23(12-16-25)21-7-9-22(10-8-21)24-13-17-26(18-14-24)28(30)32-20(4)6-2/h7-20H,5-6H2,1-4H3. The number of carbonyl (C=O) groups is 2. The van der Waals surface area contributed by atoms with Gasteiger partial charge in [-0.25, -0.2) is 9.59 Å². The Hall–Kier alpha value is -3.40. The van der Waals surface area contributed by atoms with Crippen molar-refractivity contribution in [1.29, 1.82) is 0 Å². The van der Waals surface area contributed by atoms with Gasteiger partial charge in [-0.2, -0.15) is 0 Å². The molecule has 0 saturated carbocycles. The van der Waals surface area contributed by atoms with Gasteiger partial charge in [0, 0.05) is 0 Å². The number of carbonyl (C=O) groups excluding carboxylic acids is 2. The van der Waals surface area contributed by atoms with E-state index in [2.05, 4.69) is 0 Å². The molecule has 0 fully saturated rings. The van der Waals surface area contributed by atoms with Crippen molar-refractivity contribution in [2.24, 2.45) is 0 Å². The third-order valence-corrected chi connectivity index (χ3v) is 5.56. The third kappa shape index (κ3) is 5.85. The average molecular weight is 431 g/mol. The molecule has 0 aliphatic rings. The van der Waals surface area contributed by atoms with Gasteiger partial charge in [-0.1, -0.05) is 62.4 Å². The summed E-state index contributed by atoms with van der Waals surface area (Å²) in [5.74, 6) is -0.588. The summed E-state index contributed by atoms with van der Waals surface area (Å²) in [4.78, 5) is 24.3. The normalized spacial score (nSPS) is 12.6. The minimum Gasteiger partial charge on any atom is -0.459 e. The Morgan fingerprint density at radius 1 is 0.562 bits per heavy atom. The highest BCUT2D eigenvalue weighted by atomic mass is 16.5. The molecule has 3 aromatic carbocycles. The fourth-order valence-electron chi connectivity index (χ4n) is 3.12. The molecule has 0 N–H and O–H groups in total. The van der Waals surface area contributed by atoms with E-state index in [9.17, 15) is 9.59 Å². The molecule has 2 atom stereocenters. The van der Waals surface area contributed by atoms with Gasteiger partial charge in [-0.05, 0) is 73.2 Å². The van der Waals surface area contributed by atoms with Crippen LogP contribution >= 0.6 is 0 Å². The van der Waals surface area contributed by atoms with Gasteiger partial charge in [0.2, 0.25) is 0 Å². The van der Waals surface area contributed by atoms with Crippen LogP contribution in [0.25, 0.3) is 22.3 Å². The third-order valence-electron chi connectivity index (χ3n) is 5.56. The Balaban J connectivity index is 1.68. The first-order valence-electron chi connectivity index (χ1n) is 11.1. The highest BCUT2D eigenvalue weighted by Crippen LogP contribution is 2.26. The van der Waals surface area contributed by atoms with Gasteiger partial charge >= 0.3 is 11.9 Å². The van der Waals surface area contributed by atoms with E-state index in [0.717, 1.165) is 35.1 Å². The van der Waals surface area contributed by atoms with E-state index in [4.69, 9.17) is 9.47 Å². The molecular formula is C28H30O4. The SMILES string of the molecule is CCC(C)OC(=O)c1ccc(-c2ccc(-c3ccc(C(=O)OC(C)CC)cc3)cc2)cc1. The van der Waals surface area contributed by atoms with E-state index < -0.39 is 0 Å². The molecule has 32 heavy (non-hydrogen) atoms. The van der Waals surface area contributed by atoms with Gasteiger partial charge in [0.15, 0.2) is 0 Å². The summed E-state index contributed by atoms with van der Waals surface area (Å²) in [5, 5.41) is 0. The Kier molecular flexibility index (Phi) is 7.82. The molecular weight excluding hydrogens is 400 g/mol. The zero-order valence-corrected chi connectivity index (χ0v) is 19.1. The summed E-state index contributed by atoms with van der Waals surface area (Å²) in [7, 11) is 0. The van der Waals surface area contributed by atoms with E-state index in [-0.39, 0.29) is 24.1 Å². The molecule has 3 aromatic rings. The second kappa shape index (κ2) is 10.8. The quantitative estimate of drug-likeness (QED) is 0.364. The highest BCUT2D eigenvalue weighted by molar-refractivity contribution is 5.91. The molecule has 4 nitrogen and oxygen atoms in total. The van der Waals surface area contributed by atoms with Crippen molar-refractivity contribution in [3.8, 4) is 22.3 Å². The summed E-state index contributed by atoms with van der Waals surface area (Å²) in [6.45, 7) is 7.75. The Morgan fingerprint density at radius 3 is 1.06 bits per heavy atom. The fourth-order valence-corrected chi connectivity index (χ4v) is 3.12. The maximum atomic E-state index is 12.1. The van der Waals surface area contributed by atoms with Gasteiger partial charge in [0.25, 0.3) is 0 Å². The lowest BCUT2D eigenvalue weighted by atomic mass is 9.99. The topological polar surface area (TPSA) is 52.6 Å². The first kappa shape index (κ1) is 23.3. The monoisotopic (exact) mass is 430 g/mol. The van der Waals surface area contributed by atoms with E-state index in [1.54, 1.807) is 24.3 Å². The Bertz CT molecular complexity index is 948. The molecule has 0 aliphatic heterocycles. The van der Waals surface area contributed by atoms with Crippen LogP contribution in [-0.2, 0) is 9.47 Å². The van der Waals surface area contributed by atoms with Gasteiger partial charge in [-0.3, -0.25) is 0 Å². The average Bonchev–Trinajstić information content (AvgIpc) is 2.84. The lowest BCUT2D eigenvalue weighted by molar-refractivity contribution is 0.0324. The number of hydrogen-bond acceptors (Lipinski definition) is 4. The predicted molar refractivity (Wildman–Crippen MR) is 128 cm³/mol. The molecule has 4 heteroatoms. The predicted octanol–water partition coefficient (Wildman–Crippen LogP) is 6.93. The van der Waals surface area contributed by atoms with Crippen molar-refractivity contribution in [3.63, 3.8) is 0 Å². The van der Waals surface area contributed by atoms with Crippen LogP contribution in [0.15, 0.2) is 72.8 Å². The number of hydrogen-bond donors (Lipinski definition) is 0. The van der Waals surface area contributed by atoms with Crippen LogP contribution < -0.4 is 0 Å². The molecule has 0 aromatic heterocycles. The van der Waals surface area contributed by atoms with Crippen LogP contribution in [0.4, 0.5) is 0 Å². The molecule has 2 unspecified atom stereocenters. The molecule has 0 saturated heterocycles. The van der Waals surface area contributed by atoms with Crippen molar-refractivity contribution in [2.45, 2.75) is 52.7 Å². The van der Waals surface area contributed by atoms with E-state index in [0.29, 0.717) is 11.1 Å². The fraction of sp³-hybridized carbons (Fsp3) is 0.286. The number of esters is 2. The van der Waals surface area contributed by atoms with Crippen LogP contribution in [-0.4, -0.2) is 24.1 Å². The van der Waals surface area contributed by atoms with Gasteiger partial charge in [0.1, 0.15) is 0 Å². The first-order valence-corrected chi connectivity index (χ1v) is 11.1. The summed E-state index contributed by atoms with van der Waals surface area (Å²) < 4.78 is 10.8. The molecule has 0 aliphatic carbocycles. The van der Waals surface area contributed by atoms with Gasteiger partial charge < -0.3 is 9.47 Å². The Morgan fingerprint density at radius 2 is 0.812 bits per heavy atom. The van der Waals surface area contributed by atoms with E-state index in [1.165, 1.54) is 0 Å². The lowest BCUT2D eigenvalue weighted by Gasteiger charge is -2.11. The van der Waals surface area contributed by atoms with Crippen LogP contribution in [0.5, 0.6) is 0 Å². The van der Waals surface area contributed by atoms with Gasteiger partial charge in [0.05, 0.1) is 23.3 Å². The minimum absolute atomic E-state index is 0.0886. The number of ether oxygens (including phenoxy) is 2. The zero-order valence-electron chi connectivity index (χ0n) is 19.1. The van der Waals surface area contributed by atoms with Gasteiger partial charge in [-0.15, -0.1) is 0 Å². The summed E-state index contributed by atoms with van der Waals surface area (Å²) in [6, 6.07) is 23.1. The minimum atomic E-state index is -0.294. The maximum absolute atomic E-state index is 12.1. The Labute approximate surface area is 190 Å². The summed E-state index contributed by atoms with van der Waals surface area (Å²) in [6.07, 6.45) is 1.41. The summed E-state index contributed by atoms with van der Waals surface area (Å²) in [5.41, 5.74) is 5.28. The molecule has 0 heterocycles. The molecule has 0 radical (unpaired) electrons. The van der Waals surface area contributed by atoms with Crippen molar-refractivity contribution in [3.05, 3.63) is 83.9 Å². The van der Waals surface area contributed by atoms with Crippen molar-refractivity contribution >= 4 is 11.9 Å². The molecule has 0 spiro atoms. The van der Waals surface area contributed by atoms with Crippen LogP contribution in [0.1, 0.15) is 61.3 Å². The zero-order chi connectivity index (χ0) is 23.1. The number of benzene rings is 3. The van der Waals surface area contributed by atoms with Crippen molar-refractivity contribution in [1.82, 2.24) is 0 Å². The van der Waals surface area contributed by atoms with Crippen LogP contribution in [0.2, 0.25) is 0 Å². The smallest absolute Gasteiger partial charge is 0.338 e. The molecule has 166 valence electrons. The summed E-state index contributed by atoms with van der Waals surface area (Å²) >= 11 is 0. The highest BCUT2D eigenvalue weighted by Gasteiger charge is 2.12. The number of rotatable bonds is 8. The van der Waals surface area contributed by atoms with Crippen molar-refractivity contribution in [2.75, 3.05) is 0 Å². The maximum Gasteiger partial charge on any atom is 0.338 e. The largest absolute Gasteiger partial charge is 0.459 e. The second-order valence-electron chi connectivity index (χ2n) is 7.98. The lowest BCUT2D eigenvalue weighted by Crippen LogP contribution is -2.13. The van der Waals surface area contributed by atoms with E-state index in [1.807, 2.05) is 76.2 Å². The molecule has 0 bridgehead atoms. The molecule has 3 rings (SSSR count). The van der Waals surface area contributed by atoms with Crippen LogP contribution in [0.3, 0.4) is 0 Å². The van der Waals surface area contributed by atoms with E-state index >= 15 is 0 Å². The molecule has 0 amide bonds. The van der Waals surface area contributed by atoms with Crippen LogP contribution in [0, 0.1) is 0 Å².